The molecule has 3 fully saturated rings. The van der Waals surface area contributed by atoms with E-state index in [1.807, 2.05) is 0 Å². The fourth-order valence-electron chi connectivity index (χ4n) is 5.71. The molecule has 1 aromatic rings. The number of nitro groups is 2. The lowest BCUT2D eigenvalue weighted by atomic mass is 9.44. The van der Waals surface area contributed by atoms with Gasteiger partial charge in [0.15, 0.2) is 0 Å². The Hall–Kier alpha value is -2.28. The molecule has 0 saturated heterocycles. The van der Waals surface area contributed by atoms with E-state index in [0.717, 1.165) is 36.2 Å². The van der Waals surface area contributed by atoms with Gasteiger partial charge >= 0.3 is 0 Å². The zero-order valence-electron chi connectivity index (χ0n) is 12.8. The maximum atomic E-state index is 11.2. The lowest BCUT2D eigenvalue weighted by Crippen LogP contribution is -2.57. The Kier molecular flexibility index (Phi) is 2.72. The van der Waals surface area contributed by atoms with E-state index in [9.17, 15) is 20.2 Å². The Bertz CT molecular complexity index is 791. The Morgan fingerprint density at radius 1 is 1.04 bits per heavy atom. The number of nitrogens with zero attached hydrogens (tertiary/aromatic N) is 2. The molecule has 3 saturated carbocycles. The second-order valence-corrected chi connectivity index (χ2v) is 7.35. The fraction of sp³-hybridized carbons (Fsp3) is 0.529. The van der Waals surface area contributed by atoms with Crippen molar-refractivity contribution in [2.24, 2.45) is 35.5 Å². The first-order chi connectivity index (χ1) is 11.6. The largest absolute Gasteiger partial charge is 0.373 e. The minimum absolute atomic E-state index is 0.140. The van der Waals surface area contributed by atoms with E-state index in [4.69, 9.17) is 4.74 Å². The van der Waals surface area contributed by atoms with Gasteiger partial charge in [-0.05, 0) is 48.0 Å². The quantitative estimate of drug-likeness (QED) is 0.470. The van der Waals surface area contributed by atoms with E-state index in [2.05, 4.69) is 12.2 Å². The van der Waals surface area contributed by atoms with Crippen LogP contribution in [0.3, 0.4) is 0 Å². The number of fused-ring (bicyclic) bond motifs is 2. The van der Waals surface area contributed by atoms with Crippen LogP contribution in [-0.2, 0) is 11.3 Å². The molecule has 0 N–H and O–H groups in total. The topological polar surface area (TPSA) is 95.5 Å². The highest BCUT2D eigenvalue weighted by Crippen LogP contribution is 2.75. The second-order valence-electron chi connectivity index (χ2n) is 7.35. The first-order valence-electron chi connectivity index (χ1n) is 8.28. The predicted molar refractivity (Wildman–Crippen MR) is 83.0 cm³/mol. The third-order valence-electron chi connectivity index (χ3n) is 6.63. The van der Waals surface area contributed by atoms with Crippen molar-refractivity contribution in [2.75, 3.05) is 0 Å². The van der Waals surface area contributed by atoms with Crippen molar-refractivity contribution < 1.29 is 14.6 Å². The molecule has 124 valence electrons. The Balaban J connectivity index is 1.33. The van der Waals surface area contributed by atoms with Crippen molar-refractivity contribution in [2.45, 2.75) is 19.1 Å². The van der Waals surface area contributed by atoms with Crippen LogP contribution in [0.25, 0.3) is 0 Å². The first kappa shape index (κ1) is 14.1. The molecule has 7 heteroatoms. The number of allylic oxidation sites excluding steroid dienone is 2. The highest BCUT2D eigenvalue weighted by molar-refractivity contribution is 5.48. The molecule has 0 amide bonds. The molecule has 1 aromatic carbocycles. The molecular weight excluding hydrogens is 312 g/mol. The monoisotopic (exact) mass is 328 g/mol. The number of rotatable bonds is 5. The minimum Gasteiger partial charge on any atom is -0.373 e. The van der Waals surface area contributed by atoms with Gasteiger partial charge in [0.1, 0.15) is 0 Å². The van der Waals surface area contributed by atoms with Gasteiger partial charge in [0.05, 0.1) is 34.2 Å². The molecule has 0 heterocycles. The molecule has 0 bridgehead atoms. The van der Waals surface area contributed by atoms with Gasteiger partial charge in [-0.25, -0.2) is 0 Å². The van der Waals surface area contributed by atoms with Crippen LogP contribution in [0.2, 0.25) is 0 Å². The maximum absolute atomic E-state index is 11.2. The van der Waals surface area contributed by atoms with Gasteiger partial charge in [0.25, 0.3) is 11.4 Å². The van der Waals surface area contributed by atoms with E-state index in [1.54, 1.807) is 0 Å². The molecule has 0 aromatic heterocycles. The third-order valence-corrected chi connectivity index (χ3v) is 6.63. The number of ether oxygens (including phenoxy) is 1. The van der Waals surface area contributed by atoms with Crippen LogP contribution in [0.1, 0.15) is 12.0 Å². The van der Waals surface area contributed by atoms with Crippen LogP contribution in [0.15, 0.2) is 30.4 Å². The SMILES string of the molecule is O=[N+]([O-])c1ccc(CO[C@@H]2C[C@@H]3[C@@H]4C=C[C@@H]5[C@@H]4[C@H]3[C@@H]52)c([N+](=O)[O-])c1. The number of hydrogen-bond donors (Lipinski definition) is 0. The van der Waals surface area contributed by atoms with E-state index in [1.165, 1.54) is 12.1 Å². The Morgan fingerprint density at radius 3 is 2.58 bits per heavy atom. The summed E-state index contributed by atoms with van der Waals surface area (Å²) in [5, 5.41) is 22.0. The minimum atomic E-state index is -0.621. The molecule has 4 aliphatic carbocycles. The Morgan fingerprint density at radius 2 is 1.83 bits per heavy atom. The smallest absolute Gasteiger partial charge is 0.281 e. The summed E-state index contributed by atoms with van der Waals surface area (Å²) >= 11 is 0. The van der Waals surface area contributed by atoms with Gasteiger partial charge in [0.2, 0.25) is 0 Å². The molecule has 24 heavy (non-hydrogen) atoms. The molecular formula is C17H16N2O5. The lowest BCUT2D eigenvalue weighted by Gasteiger charge is -2.60. The van der Waals surface area contributed by atoms with Gasteiger partial charge in [-0.3, -0.25) is 20.2 Å². The van der Waals surface area contributed by atoms with Crippen LogP contribution in [-0.4, -0.2) is 16.0 Å². The summed E-state index contributed by atoms with van der Waals surface area (Å²) in [6.07, 6.45) is 5.90. The van der Waals surface area contributed by atoms with Crippen molar-refractivity contribution >= 4 is 11.4 Å². The van der Waals surface area contributed by atoms with Gasteiger partial charge < -0.3 is 4.74 Å². The normalized spacial score (nSPS) is 39.9. The summed E-state index contributed by atoms with van der Waals surface area (Å²) in [6, 6.07) is 3.75. The average molecular weight is 328 g/mol. The zero-order valence-corrected chi connectivity index (χ0v) is 12.8. The lowest BCUT2D eigenvalue weighted by molar-refractivity contribution is -0.394. The van der Waals surface area contributed by atoms with Gasteiger partial charge in [-0.1, -0.05) is 12.2 Å². The molecule has 7 nitrogen and oxygen atoms in total. The van der Waals surface area contributed by atoms with Crippen LogP contribution in [0, 0.1) is 55.7 Å². The van der Waals surface area contributed by atoms with Crippen LogP contribution in [0.4, 0.5) is 11.4 Å². The van der Waals surface area contributed by atoms with Crippen LogP contribution < -0.4 is 0 Å². The molecule has 0 spiro atoms. The summed E-state index contributed by atoms with van der Waals surface area (Å²) in [7, 11) is 0. The first-order valence-corrected chi connectivity index (χ1v) is 8.28. The van der Waals surface area contributed by atoms with Crippen LogP contribution >= 0.6 is 0 Å². The van der Waals surface area contributed by atoms with E-state index in [0.29, 0.717) is 17.4 Å². The van der Waals surface area contributed by atoms with Crippen molar-refractivity contribution in [3.8, 4) is 0 Å². The second kappa shape index (κ2) is 4.63. The highest BCUT2D eigenvalue weighted by atomic mass is 16.6. The van der Waals surface area contributed by atoms with Crippen molar-refractivity contribution in [3.63, 3.8) is 0 Å². The number of nitro benzene ring substituents is 2. The molecule has 7 atom stereocenters. The molecule has 4 aliphatic rings. The van der Waals surface area contributed by atoms with Crippen molar-refractivity contribution in [3.05, 3.63) is 56.1 Å². The Labute approximate surface area is 137 Å². The number of non-ortho nitro benzene ring substituents is 1. The van der Waals surface area contributed by atoms with E-state index < -0.39 is 9.85 Å². The van der Waals surface area contributed by atoms with Crippen molar-refractivity contribution in [1.29, 1.82) is 0 Å². The fourth-order valence-corrected chi connectivity index (χ4v) is 5.71. The standard InChI is InChI=1S/C17H16N2O5/c20-18(21)9-2-1-8(13(5-9)19(22)23)7-24-14-6-12-10-3-4-11-15(10)17(12)16(11)14/h1-5,10-12,14-17H,6-7H2/t10-,11+,12+,14+,15+,16-,17-/m0/s1. The van der Waals surface area contributed by atoms with Crippen molar-refractivity contribution in [1.82, 2.24) is 0 Å². The summed E-state index contributed by atoms with van der Waals surface area (Å²) in [5.41, 5.74) is -0.104. The number of benzene rings is 1. The molecule has 5 rings (SSSR count). The summed E-state index contributed by atoms with van der Waals surface area (Å²) < 4.78 is 6.06. The van der Waals surface area contributed by atoms with Crippen LogP contribution in [0.5, 0.6) is 0 Å². The van der Waals surface area contributed by atoms with E-state index >= 15 is 0 Å². The zero-order chi connectivity index (χ0) is 16.6. The molecule has 0 unspecified atom stereocenters. The third kappa shape index (κ3) is 1.65. The summed E-state index contributed by atoms with van der Waals surface area (Å²) in [6.45, 7) is 0.140. The van der Waals surface area contributed by atoms with Gasteiger partial charge in [-0.2, -0.15) is 0 Å². The van der Waals surface area contributed by atoms with E-state index in [-0.39, 0.29) is 24.1 Å². The average Bonchev–Trinajstić information content (AvgIpc) is 2.81. The summed E-state index contributed by atoms with van der Waals surface area (Å²) in [4.78, 5) is 20.8. The number of hydrogen-bond acceptors (Lipinski definition) is 5. The van der Waals surface area contributed by atoms with Gasteiger partial charge in [-0.15, -0.1) is 0 Å². The summed E-state index contributed by atoms with van der Waals surface area (Å²) in [5.74, 6) is 4.28. The predicted octanol–water partition coefficient (Wildman–Crippen LogP) is 3.09. The molecule has 0 aliphatic heterocycles. The highest BCUT2D eigenvalue weighted by Gasteiger charge is 2.72. The molecule has 0 radical (unpaired) electrons. The van der Waals surface area contributed by atoms with Gasteiger partial charge in [0, 0.05) is 6.07 Å². The maximum Gasteiger partial charge on any atom is 0.281 e.